The molecule has 0 aliphatic carbocycles. The van der Waals surface area contributed by atoms with E-state index in [2.05, 4.69) is 20.8 Å². The van der Waals surface area contributed by atoms with Gasteiger partial charge in [0.1, 0.15) is 5.82 Å². The van der Waals surface area contributed by atoms with Crippen molar-refractivity contribution in [2.45, 2.75) is 44.8 Å². The van der Waals surface area contributed by atoms with Crippen LogP contribution in [0.25, 0.3) is 0 Å². The van der Waals surface area contributed by atoms with Crippen LogP contribution >= 0.6 is 15.9 Å². The Balaban J connectivity index is 2.11. The standard InChI is InChI=1S/C15H21BrFNO/c1-15(2,18-7-3-4-8-18)14(19)10-11-9-12(16)5-6-13(11)17/h5-6,9,14,19H,3-4,7-8,10H2,1-2H3. The van der Waals surface area contributed by atoms with Crippen LogP contribution in [-0.2, 0) is 6.42 Å². The van der Waals surface area contributed by atoms with Crippen molar-refractivity contribution in [1.82, 2.24) is 4.90 Å². The first kappa shape index (κ1) is 14.9. The van der Waals surface area contributed by atoms with Crippen molar-refractivity contribution in [3.63, 3.8) is 0 Å². The Kier molecular flexibility index (Phi) is 4.64. The van der Waals surface area contributed by atoms with Crippen molar-refractivity contribution in [1.29, 1.82) is 0 Å². The molecule has 1 N–H and O–H groups in total. The van der Waals surface area contributed by atoms with E-state index < -0.39 is 6.10 Å². The normalized spacial score (nSPS) is 18.8. The van der Waals surface area contributed by atoms with Gasteiger partial charge in [-0.1, -0.05) is 15.9 Å². The van der Waals surface area contributed by atoms with Gasteiger partial charge in [0.05, 0.1) is 6.10 Å². The highest BCUT2D eigenvalue weighted by Gasteiger charge is 2.36. The summed E-state index contributed by atoms with van der Waals surface area (Å²) in [6.45, 7) is 6.12. The quantitative estimate of drug-likeness (QED) is 0.915. The highest BCUT2D eigenvalue weighted by molar-refractivity contribution is 9.10. The largest absolute Gasteiger partial charge is 0.391 e. The molecule has 1 aromatic carbocycles. The Morgan fingerprint density at radius 3 is 2.63 bits per heavy atom. The van der Waals surface area contributed by atoms with Crippen molar-refractivity contribution < 1.29 is 9.50 Å². The zero-order valence-electron chi connectivity index (χ0n) is 11.5. The zero-order chi connectivity index (χ0) is 14.0. The van der Waals surface area contributed by atoms with Crippen LogP contribution in [0.1, 0.15) is 32.3 Å². The van der Waals surface area contributed by atoms with Crippen molar-refractivity contribution in [3.05, 3.63) is 34.1 Å². The number of benzene rings is 1. The topological polar surface area (TPSA) is 23.5 Å². The minimum atomic E-state index is -0.575. The number of aliphatic hydroxyl groups excluding tert-OH is 1. The summed E-state index contributed by atoms with van der Waals surface area (Å²) in [6.07, 6.45) is 2.13. The maximum Gasteiger partial charge on any atom is 0.126 e. The van der Waals surface area contributed by atoms with Gasteiger partial charge in [0.15, 0.2) is 0 Å². The minimum absolute atomic E-state index is 0.250. The smallest absolute Gasteiger partial charge is 0.126 e. The van der Waals surface area contributed by atoms with Crippen molar-refractivity contribution in [3.8, 4) is 0 Å². The van der Waals surface area contributed by atoms with Crippen LogP contribution < -0.4 is 0 Å². The lowest BCUT2D eigenvalue weighted by molar-refractivity contribution is 0.00294. The van der Waals surface area contributed by atoms with Gasteiger partial charge < -0.3 is 5.11 Å². The van der Waals surface area contributed by atoms with Gasteiger partial charge in [0, 0.05) is 16.4 Å². The summed E-state index contributed by atoms with van der Waals surface area (Å²) >= 11 is 3.34. The number of likely N-dealkylation sites (tertiary alicyclic amines) is 1. The fourth-order valence-electron chi connectivity index (χ4n) is 2.66. The predicted molar refractivity (Wildman–Crippen MR) is 78.7 cm³/mol. The van der Waals surface area contributed by atoms with Crippen LogP contribution in [0.3, 0.4) is 0 Å². The summed E-state index contributed by atoms with van der Waals surface area (Å²) in [6, 6.07) is 4.87. The molecular formula is C15H21BrFNO. The second-order valence-corrected chi connectivity index (χ2v) is 6.72. The molecule has 1 aliphatic rings. The van der Waals surface area contributed by atoms with Crippen molar-refractivity contribution >= 4 is 15.9 Å². The lowest BCUT2D eigenvalue weighted by Crippen LogP contribution is -2.52. The first-order valence-electron chi connectivity index (χ1n) is 6.78. The molecule has 19 heavy (non-hydrogen) atoms. The number of nitrogens with zero attached hydrogens (tertiary/aromatic N) is 1. The van der Waals surface area contributed by atoms with E-state index in [9.17, 15) is 9.50 Å². The van der Waals surface area contributed by atoms with Crippen LogP contribution in [0.5, 0.6) is 0 Å². The van der Waals surface area contributed by atoms with E-state index in [1.807, 2.05) is 13.8 Å². The van der Waals surface area contributed by atoms with E-state index in [-0.39, 0.29) is 11.4 Å². The molecule has 0 amide bonds. The molecule has 1 aliphatic heterocycles. The SMILES string of the molecule is CC(C)(C(O)Cc1cc(Br)ccc1F)N1CCCC1. The summed E-state index contributed by atoms with van der Waals surface area (Å²) in [5, 5.41) is 10.5. The van der Waals surface area contributed by atoms with Gasteiger partial charge in [-0.05, 0) is 63.5 Å². The molecule has 0 bridgehead atoms. The second kappa shape index (κ2) is 5.90. The van der Waals surface area contributed by atoms with Crippen LogP contribution in [0, 0.1) is 5.82 Å². The van der Waals surface area contributed by atoms with E-state index >= 15 is 0 Å². The summed E-state index contributed by atoms with van der Waals surface area (Å²) in [7, 11) is 0. The van der Waals surface area contributed by atoms with E-state index in [0.717, 1.165) is 17.6 Å². The molecule has 0 aromatic heterocycles. The molecule has 2 nitrogen and oxygen atoms in total. The number of rotatable bonds is 4. The molecular weight excluding hydrogens is 309 g/mol. The van der Waals surface area contributed by atoms with Crippen LogP contribution in [0.2, 0.25) is 0 Å². The minimum Gasteiger partial charge on any atom is -0.391 e. The Bertz CT molecular complexity index is 444. The average Bonchev–Trinajstić information content (AvgIpc) is 2.88. The lowest BCUT2D eigenvalue weighted by Gasteiger charge is -2.39. The van der Waals surface area contributed by atoms with Gasteiger partial charge in [-0.25, -0.2) is 4.39 Å². The maximum absolute atomic E-state index is 13.7. The van der Waals surface area contributed by atoms with Crippen molar-refractivity contribution in [2.24, 2.45) is 0 Å². The molecule has 1 saturated heterocycles. The molecule has 0 radical (unpaired) electrons. The summed E-state index contributed by atoms with van der Waals surface area (Å²) in [5.74, 6) is -0.250. The van der Waals surface area contributed by atoms with E-state index in [1.165, 1.54) is 18.9 Å². The highest BCUT2D eigenvalue weighted by Crippen LogP contribution is 2.27. The Hall–Kier alpha value is -0.450. The molecule has 4 heteroatoms. The van der Waals surface area contributed by atoms with Crippen LogP contribution in [0.15, 0.2) is 22.7 Å². The Morgan fingerprint density at radius 2 is 2.00 bits per heavy atom. The average molecular weight is 330 g/mol. The number of halogens is 2. The van der Waals surface area contributed by atoms with Gasteiger partial charge in [-0.3, -0.25) is 4.90 Å². The lowest BCUT2D eigenvalue weighted by atomic mass is 9.90. The number of aliphatic hydroxyl groups is 1. The fraction of sp³-hybridized carbons (Fsp3) is 0.600. The van der Waals surface area contributed by atoms with Gasteiger partial charge >= 0.3 is 0 Å². The van der Waals surface area contributed by atoms with Gasteiger partial charge in [0.2, 0.25) is 0 Å². The summed E-state index contributed by atoms with van der Waals surface area (Å²) in [5.41, 5.74) is 0.250. The second-order valence-electron chi connectivity index (χ2n) is 5.80. The zero-order valence-corrected chi connectivity index (χ0v) is 13.1. The number of hydrogen-bond donors (Lipinski definition) is 1. The molecule has 1 aromatic rings. The predicted octanol–water partition coefficient (Wildman–Crippen LogP) is 3.37. The molecule has 1 atom stereocenters. The van der Waals surface area contributed by atoms with Crippen LogP contribution in [-0.4, -0.2) is 34.7 Å². The Morgan fingerprint density at radius 1 is 1.37 bits per heavy atom. The van der Waals surface area contributed by atoms with E-state index in [0.29, 0.717) is 12.0 Å². The molecule has 1 fully saturated rings. The molecule has 0 saturated carbocycles. The molecule has 1 unspecified atom stereocenters. The molecule has 0 spiro atoms. The van der Waals surface area contributed by atoms with Crippen LogP contribution in [0.4, 0.5) is 4.39 Å². The monoisotopic (exact) mass is 329 g/mol. The first-order valence-corrected chi connectivity index (χ1v) is 7.57. The number of hydrogen-bond acceptors (Lipinski definition) is 2. The van der Waals surface area contributed by atoms with E-state index in [4.69, 9.17) is 0 Å². The van der Waals surface area contributed by atoms with Crippen molar-refractivity contribution in [2.75, 3.05) is 13.1 Å². The molecule has 2 rings (SSSR count). The molecule has 1 heterocycles. The molecule has 106 valence electrons. The third kappa shape index (κ3) is 3.36. The third-order valence-electron chi connectivity index (χ3n) is 4.16. The fourth-order valence-corrected chi connectivity index (χ4v) is 3.07. The van der Waals surface area contributed by atoms with Gasteiger partial charge in [-0.2, -0.15) is 0 Å². The summed E-state index contributed by atoms with van der Waals surface area (Å²) in [4.78, 5) is 2.30. The maximum atomic E-state index is 13.7. The summed E-state index contributed by atoms with van der Waals surface area (Å²) < 4.78 is 14.6. The highest BCUT2D eigenvalue weighted by atomic mass is 79.9. The Labute approximate surface area is 122 Å². The van der Waals surface area contributed by atoms with Gasteiger partial charge in [-0.15, -0.1) is 0 Å². The first-order chi connectivity index (χ1) is 8.91. The van der Waals surface area contributed by atoms with Gasteiger partial charge in [0.25, 0.3) is 0 Å². The van der Waals surface area contributed by atoms with E-state index in [1.54, 1.807) is 12.1 Å². The third-order valence-corrected chi connectivity index (χ3v) is 4.65.